The first-order valence-electron chi connectivity index (χ1n) is 8.35. The van der Waals surface area contributed by atoms with Gasteiger partial charge in [0.1, 0.15) is 30.5 Å². The molecule has 1 N–H and O–H groups in total. The molecule has 144 valence electrons. The number of hydrogen-bond donors (Lipinski definition) is 1. The van der Waals surface area contributed by atoms with Crippen molar-refractivity contribution in [2.75, 3.05) is 6.54 Å². The predicted octanol–water partition coefficient (Wildman–Crippen LogP) is 3.40. The standard InChI is InChI=1S/C20H16F2N2O4/c1-12-17(24-28-19(12)13-6-8-14(21)9-7-13)11-27-18(25)10-23-20(26)15-4-2-3-5-16(15)22/h2-9H,10-11H2,1H3,(H,23,26). The zero-order chi connectivity index (χ0) is 20.1. The second-order valence-corrected chi connectivity index (χ2v) is 5.91. The van der Waals surface area contributed by atoms with Crippen LogP contribution in [0.25, 0.3) is 11.3 Å². The van der Waals surface area contributed by atoms with E-state index in [0.717, 1.165) is 6.07 Å². The van der Waals surface area contributed by atoms with Gasteiger partial charge in [-0.15, -0.1) is 0 Å². The van der Waals surface area contributed by atoms with Gasteiger partial charge in [-0.1, -0.05) is 17.3 Å². The van der Waals surface area contributed by atoms with Gasteiger partial charge in [-0.2, -0.15) is 0 Å². The lowest BCUT2D eigenvalue weighted by Crippen LogP contribution is -2.31. The minimum atomic E-state index is -0.716. The third-order valence-electron chi connectivity index (χ3n) is 4.01. The van der Waals surface area contributed by atoms with Crippen molar-refractivity contribution in [2.45, 2.75) is 13.5 Å². The minimum Gasteiger partial charge on any atom is -0.458 e. The van der Waals surface area contributed by atoms with E-state index in [1.54, 1.807) is 19.1 Å². The Balaban J connectivity index is 1.54. The Morgan fingerprint density at radius 3 is 2.54 bits per heavy atom. The predicted molar refractivity (Wildman–Crippen MR) is 95.2 cm³/mol. The summed E-state index contributed by atoms with van der Waals surface area (Å²) in [4.78, 5) is 23.7. The normalized spacial score (nSPS) is 10.5. The summed E-state index contributed by atoms with van der Waals surface area (Å²) in [6.45, 7) is 1.15. The molecule has 0 aliphatic rings. The van der Waals surface area contributed by atoms with E-state index in [1.165, 1.54) is 30.3 Å². The van der Waals surface area contributed by atoms with Crippen molar-refractivity contribution in [1.82, 2.24) is 10.5 Å². The topological polar surface area (TPSA) is 81.4 Å². The molecule has 3 rings (SSSR count). The molecule has 0 fully saturated rings. The van der Waals surface area contributed by atoms with Gasteiger partial charge in [0.25, 0.3) is 5.91 Å². The smallest absolute Gasteiger partial charge is 0.325 e. The molecule has 0 saturated carbocycles. The average molecular weight is 386 g/mol. The number of nitrogens with one attached hydrogen (secondary N) is 1. The molecular weight excluding hydrogens is 370 g/mol. The minimum absolute atomic E-state index is 0.161. The van der Waals surface area contributed by atoms with Crippen LogP contribution < -0.4 is 5.32 Å². The molecule has 0 unspecified atom stereocenters. The number of ether oxygens (including phenoxy) is 1. The van der Waals surface area contributed by atoms with Crippen LogP contribution in [0, 0.1) is 18.6 Å². The van der Waals surface area contributed by atoms with Crippen LogP contribution in [-0.2, 0) is 16.1 Å². The molecule has 0 atom stereocenters. The lowest BCUT2D eigenvalue weighted by atomic mass is 10.1. The van der Waals surface area contributed by atoms with E-state index in [-0.39, 0.29) is 18.0 Å². The molecule has 2 aromatic carbocycles. The zero-order valence-corrected chi connectivity index (χ0v) is 14.9. The Morgan fingerprint density at radius 2 is 1.82 bits per heavy atom. The van der Waals surface area contributed by atoms with Gasteiger partial charge >= 0.3 is 5.97 Å². The second kappa shape index (κ2) is 8.43. The van der Waals surface area contributed by atoms with Crippen LogP contribution in [0.15, 0.2) is 53.1 Å². The summed E-state index contributed by atoms with van der Waals surface area (Å²) in [7, 11) is 0. The highest BCUT2D eigenvalue weighted by Crippen LogP contribution is 2.26. The Morgan fingerprint density at radius 1 is 1.11 bits per heavy atom. The van der Waals surface area contributed by atoms with E-state index in [9.17, 15) is 18.4 Å². The Labute approximate surface area is 159 Å². The van der Waals surface area contributed by atoms with E-state index in [4.69, 9.17) is 9.26 Å². The molecule has 1 heterocycles. The summed E-state index contributed by atoms with van der Waals surface area (Å²) in [5, 5.41) is 6.15. The maximum absolute atomic E-state index is 13.5. The molecular formula is C20H16F2N2O4. The van der Waals surface area contributed by atoms with Crippen molar-refractivity contribution in [3.05, 3.63) is 77.0 Å². The number of esters is 1. The number of nitrogens with zero attached hydrogens (tertiary/aromatic N) is 1. The Hall–Kier alpha value is -3.55. The molecule has 0 spiro atoms. The molecule has 0 saturated heterocycles. The number of hydrogen-bond acceptors (Lipinski definition) is 5. The quantitative estimate of drug-likeness (QED) is 0.657. The van der Waals surface area contributed by atoms with Crippen LogP contribution in [0.3, 0.4) is 0 Å². The van der Waals surface area contributed by atoms with Gasteiger partial charge < -0.3 is 14.6 Å². The van der Waals surface area contributed by atoms with Crippen molar-refractivity contribution in [1.29, 1.82) is 0 Å². The van der Waals surface area contributed by atoms with Crippen LogP contribution in [0.5, 0.6) is 0 Å². The first kappa shape index (κ1) is 19.2. The Bertz CT molecular complexity index is 1000. The van der Waals surface area contributed by atoms with Crippen LogP contribution in [0.4, 0.5) is 8.78 Å². The third-order valence-corrected chi connectivity index (χ3v) is 4.01. The highest BCUT2D eigenvalue weighted by Gasteiger charge is 2.16. The molecule has 1 amide bonds. The van der Waals surface area contributed by atoms with Crippen molar-refractivity contribution in [3.63, 3.8) is 0 Å². The SMILES string of the molecule is Cc1c(COC(=O)CNC(=O)c2ccccc2F)noc1-c1ccc(F)cc1. The van der Waals surface area contributed by atoms with Crippen LogP contribution in [0.2, 0.25) is 0 Å². The van der Waals surface area contributed by atoms with Crippen molar-refractivity contribution >= 4 is 11.9 Å². The molecule has 0 aliphatic carbocycles. The summed E-state index contributed by atoms with van der Waals surface area (Å²) in [6.07, 6.45) is 0. The number of carbonyl (C=O) groups is 2. The lowest BCUT2D eigenvalue weighted by Gasteiger charge is -2.06. The number of amides is 1. The Kier molecular flexibility index (Phi) is 5.78. The average Bonchev–Trinajstić information content (AvgIpc) is 3.06. The molecule has 6 nitrogen and oxygen atoms in total. The lowest BCUT2D eigenvalue weighted by molar-refractivity contribution is -0.143. The summed E-state index contributed by atoms with van der Waals surface area (Å²) in [6, 6.07) is 11.1. The van der Waals surface area contributed by atoms with Crippen LogP contribution in [0.1, 0.15) is 21.6 Å². The largest absolute Gasteiger partial charge is 0.458 e. The fourth-order valence-corrected chi connectivity index (χ4v) is 2.47. The summed E-state index contributed by atoms with van der Waals surface area (Å²) in [5.41, 5.74) is 1.52. The second-order valence-electron chi connectivity index (χ2n) is 5.91. The monoisotopic (exact) mass is 386 g/mol. The van der Waals surface area contributed by atoms with E-state index in [0.29, 0.717) is 22.6 Å². The van der Waals surface area contributed by atoms with E-state index < -0.39 is 24.2 Å². The summed E-state index contributed by atoms with van der Waals surface area (Å²) in [5.74, 6) is -2.03. The first-order chi connectivity index (χ1) is 13.5. The van der Waals surface area contributed by atoms with Gasteiger partial charge in [0.15, 0.2) is 5.76 Å². The maximum Gasteiger partial charge on any atom is 0.325 e. The number of rotatable bonds is 6. The molecule has 0 radical (unpaired) electrons. The van der Waals surface area contributed by atoms with E-state index in [1.807, 2.05) is 0 Å². The zero-order valence-electron chi connectivity index (χ0n) is 14.9. The number of benzene rings is 2. The van der Waals surface area contributed by atoms with Gasteiger partial charge in [0, 0.05) is 11.1 Å². The molecule has 1 aromatic heterocycles. The fraction of sp³-hybridized carbons (Fsp3) is 0.150. The van der Waals surface area contributed by atoms with Gasteiger partial charge in [0.05, 0.1) is 5.56 Å². The molecule has 28 heavy (non-hydrogen) atoms. The summed E-state index contributed by atoms with van der Waals surface area (Å²) < 4.78 is 36.9. The highest BCUT2D eigenvalue weighted by molar-refractivity contribution is 5.96. The first-order valence-corrected chi connectivity index (χ1v) is 8.35. The molecule has 8 heteroatoms. The van der Waals surface area contributed by atoms with Crippen LogP contribution in [-0.4, -0.2) is 23.6 Å². The van der Waals surface area contributed by atoms with Crippen molar-refractivity contribution in [3.8, 4) is 11.3 Å². The summed E-state index contributed by atoms with van der Waals surface area (Å²) >= 11 is 0. The number of halogens is 2. The van der Waals surface area contributed by atoms with Gasteiger partial charge in [-0.25, -0.2) is 8.78 Å². The number of carbonyl (C=O) groups excluding carboxylic acids is 2. The van der Waals surface area contributed by atoms with Gasteiger partial charge in [-0.05, 0) is 43.3 Å². The maximum atomic E-state index is 13.5. The molecule has 0 aliphatic heterocycles. The van der Waals surface area contributed by atoms with Crippen molar-refractivity contribution in [2.24, 2.45) is 0 Å². The highest BCUT2D eigenvalue weighted by atomic mass is 19.1. The van der Waals surface area contributed by atoms with Crippen molar-refractivity contribution < 1.29 is 27.6 Å². The number of aromatic nitrogens is 1. The molecule has 3 aromatic rings. The van der Waals surface area contributed by atoms with Gasteiger partial charge in [-0.3, -0.25) is 9.59 Å². The van der Waals surface area contributed by atoms with Gasteiger partial charge in [0.2, 0.25) is 0 Å². The fourth-order valence-electron chi connectivity index (χ4n) is 2.47. The van der Waals surface area contributed by atoms with E-state index >= 15 is 0 Å². The van der Waals surface area contributed by atoms with E-state index in [2.05, 4.69) is 10.5 Å². The third kappa shape index (κ3) is 4.40. The van der Waals surface area contributed by atoms with Crippen LogP contribution >= 0.6 is 0 Å². The molecule has 0 bridgehead atoms.